The van der Waals surface area contributed by atoms with Gasteiger partial charge in [0.25, 0.3) is 0 Å². The molecule has 0 aromatic carbocycles. The fourth-order valence-electron chi connectivity index (χ4n) is 2.01. The number of aromatic nitrogens is 1. The lowest BCUT2D eigenvalue weighted by molar-refractivity contribution is 0.0524. The van der Waals surface area contributed by atoms with Crippen LogP contribution in [0.4, 0.5) is 0 Å². The maximum absolute atomic E-state index is 12.0. The van der Waals surface area contributed by atoms with Crippen molar-refractivity contribution in [2.24, 2.45) is 0 Å². The van der Waals surface area contributed by atoms with E-state index in [0.29, 0.717) is 24.7 Å². The average Bonchev–Trinajstić information content (AvgIpc) is 3.16. The molecule has 1 saturated carbocycles. The molecule has 1 fully saturated rings. The smallest absolute Gasteiger partial charge is 0.340 e. The summed E-state index contributed by atoms with van der Waals surface area (Å²) in [5.41, 5.74) is 3.39. The van der Waals surface area contributed by atoms with Gasteiger partial charge >= 0.3 is 5.97 Å². The van der Waals surface area contributed by atoms with Gasteiger partial charge in [-0.15, -0.1) is 0 Å². The number of methoxy groups -OCH3 is 1. The van der Waals surface area contributed by atoms with Gasteiger partial charge < -0.3 is 9.47 Å². The third-order valence-electron chi connectivity index (χ3n) is 3.11. The van der Waals surface area contributed by atoms with E-state index >= 15 is 0 Å². The van der Waals surface area contributed by atoms with Gasteiger partial charge in [0.15, 0.2) is 0 Å². The summed E-state index contributed by atoms with van der Waals surface area (Å²) < 4.78 is 10.2. The monoisotopic (exact) mass is 249 g/mol. The second kappa shape index (κ2) is 5.48. The standard InChI is InChI=1S/C14H19NO3/c1-4-18-14(16)12-7-11(8-17-3)9(2)15-13(12)10-5-6-10/h7,10H,4-6,8H2,1-3H3. The molecule has 1 aliphatic carbocycles. The topological polar surface area (TPSA) is 48.4 Å². The molecule has 0 atom stereocenters. The van der Waals surface area contributed by atoms with Crippen molar-refractivity contribution < 1.29 is 14.3 Å². The quantitative estimate of drug-likeness (QED) is 0.752. The van der Waals surface area contributed by atoms with Crippen molar-refractivity contribution in [2.75, 3.05) is 13.7 Å². The number of pyridine rings is 1. The molecule has 2 rings (SSSR count). The van der Waals surface area contributed by atoms with E-state index in [-0.39, 0.29) is 5.97 Å². The van der Waals surface area contributed by atoms with Crippen molar-refractivity contribution in [2.45, 2.75) is 39.2 Å². The molecule has 1 aromatic rings. The molecule has 18 heavy (non-hydrogen) atoms. The zero-order chi connectivity index (χ0) is 13.1. The van der Waals surface area contributed by atoms with Gasteiger partial charge in [-0.2, -0.15) is 0 Å². The van der Waals surface area contributed by atoms with Crippen molar-refractivity contribution in [3.63, 3.8) is 0 Å². The maximum Gasteiger partial charge on any atom is 0.340 e. The van der Waals surface area contributed by atoms with Gasteiger partial charge in [0, 0.05) is 18.7 Å². The van der Waals surface area contributed by atoms with E-state index < -0.39 is 0 Å². The molecule has 0 N–H and O–H groups in total. The zero-order valence-corrected chi connectivity index (χ0v) is 11.2. The lowest BCUT2D eigenvalue weighted by Gasteiger charge is -2.12. The lowest BCUT2D eigenvalue weighted by atomic mass is 10.1. The number of esters is 1. The zero-order valence-electron chi connectivity index (χ0n) is 11.2. The predicted octanol–water partition coefficient (Wildman–Crippen LogP) is 2.59. The van der Waals surface area contributed by atoms with Crippen molar-refractivity contribution in [3.8, 4) is 0 Å². The van der Waals surface area contributed by atoms with Crippen LogP contribution in [-0.4, -0.2) is 24.7 Å². The molecule has 1 heterocycles. The van der Waals surface area contributed by atoms with E-state index in [4.69, 9.17) is 9.47 Å². The molecule has 1 aliphatic rings. The maximum atomic E-state index is 12.0. The van der Waals surface area contributed by atoms with Crippen molar-refractivity contribution in [1.82, 2.24) is 4.98 Å². The summed E-state index contributed by atoms with van der Waals surface area (Å²) in [6, 6.07) is 1.87. The summed E-state index contributed by atoms with van der Waals surface area (Å²) in [6.45, 7) is 4.62. The number of nitrogens with zero attached hydrogens (tertiary/aromatic N) is 1. The molecule has 0 bridgehead atoms. The van der Waals surface area contributed by atoms with Gasteiger partial charge in [-0.05, 0) is 38.3 Å². The highest BCUT2D eigenvalue weighted by Crippen LogP contribution is 2.41. The molecule has 4 heteroatoms. The molecule has 0 spiro atoms. The number of hydrogen-bond donors (Lipinski definition) is 0. The van der Waals surface area contributed by atoms with E-state index in [1.165, 1.54) is 0 Å². The van der Waals surface area contributed by atoms with Crippen LogP contribution >= 0.6 is 0 Å². The minimum atomic E-state index is -0.274. The number of aryl methyl sites for hydroxylation is 1. The van der Waals surface area contributed by atoms with Crippen molar-refractivity contribution >= 4 is 5.97 Å². The first-order chi connectivity index (χ1) is 8.67. The van der Waals surface area contributed by atoms with Crippen LogP contribution in [0.15, 0.2) is 6.07 Å². The summed E-state index contributed by atoms with van der Waals surface area (Å²) in [6.07, 6.45) is 2.23. The van der Waals surface area contributed by atoms with Gasteiger partial charge in [0.05, 0.1) is 24.5 Å². The molecule has 4 nitrogen and oxygen atoms in total. The number of rotatable bonds is 5. The van der Waals surface area contributed by atoms with Crippen LogP contribution in [0.3, 0.4) is 0 Å². The first-order valence-corrected chi connectivity index (χ1v) is 6.33. The highest BCUT2D eigenvalue weighted by Gasteiger charge is 2.31. The molecule has 0 radical (unpaired) electrons. The fraction of sp³-hybridized carbons (Fsp3) is 0.571. The molecule has 0 saturated heterocycles. The van der Waals surface area contributed by atoms with Gasteiger partial charge in [0.1, 0.15) is 0 Å². The van der Waals surface area contributed by atoms with Crippen LogP contribution < -0.4 is 0 Å². The van der Waals surface area contributed by atoms with E-state index in [2.05, 4.69) is 4.98 Å². The molecular formula is C14H19NO3. The molecule has 0 amide bonds. The van der Waals surface area contributed by atoms with Crippen LogP contribution in [0.5, 0.6) is 0 Å². The second-order valence-electron chi connectivity index (χ2n) is 4.59. The number of hydrogen-bond acceptors (Lipinski definition) is 4. The Hall–Kier alpha value is -1.42. The summed E-state index contributed by atoms with van der Waals surface area (Å²) in [4.78, 5) is 16.5. The van der Waals surface area contributed by atoms with Crippen LogP contribution in [-0.2, 0) is 16.1 Å². The largest absolute Gasteiger partial charge is 0.462 e. The Labute approximate surface area is 107 Å². The van der Waals surface area contributed by atoms with Gasteiger partial charge in [-0.1, -0.05) is 0 Å². The van der Waals surface area contributed by atoms with Crippen LogP contribution in [0.2, 0.25) is 0 Å². The van der Waals surface area contributed by atoms with Gasteiger partial charge in [0.2, 0.25) is 0 Å². The Bertz CT molecular complexity index is 453. The van der Waals surface area contributed by atoms with E-state index in [9.17, 15) is 4.79 Å². The summed E-state index contributed by atoms with van der Waals surface area (Å²) in [5, 5.41) is 0. The van der Waals surface area contributed by atoms with Crippen LogP contribution in [0, 0.1) is 6.92 Å². The Kier molecular flexibility index (Phi) is 3.97. The Morgan fingerprint density at radius 3 is 2.78 bits per heavy atom. The first kappa shape index (κ1) is 13.0. The van der Waals surface area contributed by atoms with Crippen LogP contribution in [0.25, 0.3) is 0 Å². The Balaban J connectivity index is 2.39. The van der Waals surface area contributed by atoms with Crippen molar-refractivity contribution in [3.05, 3.63) is 28.6 Å². The summed E-state index contributed by atoms with van der Waals surface area (Å²) in [7, 11) is 1.64. The highest BCUT2D eigenvalue weighted by atomic mass is 16.5. The van der Waals surface area contributed by atoms with Crippen LogP contribution in [0.1, 0.15) is 53.0 Å². The molecule has 1 aromatic heterocycles. The van der Waals surface area contributed by atoms with E-state index in [0.717, 1.165) is 29.8 Å². The molecular weight excluding hydrogens is 230 g/mol. The SMILES string of the molecule is CCOC(=O)c1cc(COC)c(C)nc1C1CC1. The Morgan fingerprint density at radius 1 is 1.50 bits per heavy atom. The minimum Gasteiger partial charge on any atom is -0.462 e. The number of carbonyl (C=O) groups excluding carboxylic acids is 1. The second-order valence-corrected chi connectivity index (χ2v) is 4.59. The minimum absolute atomic E-state index is 0.274. The van der Waals surface area contributed by atoms with E-state index in [1.807, 2.05) is 19.9 Å². The number of ether oxygens (including phenoxy) is 2. The van der Waals surface area contributed by atoms with Crippen molar-refractivity contribution in [1.29, 1.82) is 0 Å². The van der Waals surface area contributed by atoms with Gasteiger partial charge in [-0.3, -0.25) is 4.98 Å². The molecule has 0 aliphatic heterocycles. The average molecular weight is 249 g/mol. The lowest BCUT2D eigenvalue weighted by Crippen LogP contribution is -2.12. The van der Waals surface area contributed by atoms with E-state index in [1.54, 1.807) is 7.11 Å². The summed E-state index contributed by atoms with van der Waals surface area (Å²) in [5.74, 6) is 0.156. The van der Waals surface area contributed by atoms with Gasteiger partial charge in [-0.25, -0.2) is 4.79 Å². The Morgan fingerprint density at radius 2 is 2.22 bits per heavy atom. The normalized spacial score (nSPS) is 14.6. The first-order valence-electron chi connectivity index (χ1n) is 6.33. The third kappa shape index (κ3) is 2.70. The highest BCUT2D eigenvalue weighted by molar-refractivity contribution is 5.91. The summed E-state index contributed by atoms with van der Waals surface area (Å²) >= 11 is 0. The third-order valence-corrected chi connectivity index (χ3v) is 3.11. The molecule has 98 valence electrons. The fourth-order valence-corrected chi connectivity index (χ4v) is 2.01. The number of carbonyl (C=O) groups is 1. The molecule has 0 unspecified atom stereocenters. The predicted molar refractivity (Wildman–Crippen MR) is 67.6 cm³/mol.